The van der Waals surface area contributed by atoms with Crippen molar-refractivity contribution in [1.82, 2.24) is 15.5 Å². The van der Waals surface area contributed by atoms with Crippen LogP contribution in [0.25, 0.3) is 0 Å². The van der Waals surface area contributed by atoms with Gasteiger partial charge in [-0.25, -0.2) is 0 Å². The van der Waals surface area contributed by atoms with Gasteiger partial charge < -0.3 is 15.5 Å². The zero-order valence-corrected chi connectivity index (χ0v) is 13.7. The van der Waals surface area contributed by atoms with E-state index in [4.69, 9.17) is 0 Å². The number of carbonyl (C=O) groups is 2. The normalized spacial score (nSPS) is 15.3. The molecule has 6 heteroatoms. The van der Waals surface area contributed by atoms with Crippen molar-refractivity contribution in [3.63, 3.8) is 0 Å². The maximum absolute atomic E-state index is 12.0. The summed E-state index contributed by atoms with van der Waals surface area (Å²) in [5, 5.41) is 6.01. The molecule has 1 unspecified atom stereocenters. The molecular formula is C16H24ClN3O2. The Labute approximate surface area is 137 Å². The van der Waals surface area contributed by atoms with Crippen LogP contribution in [0.3, 0.4) is 0 Å². The Bertz CT molecular complexity index is 482. The van der Waals surface area contributed by atoms with E-state index in [1.165, 1.54) is 0 Å². The Morgan fingerprint density at radius 3 is 2.64 bits per heavy atom. The predicted octanol–water partition coefficient (Wildman–Crippen LogP) is 1.50. The molecule has 1 saturated heterocycles. The number of benzene rings is 1. The maximum Gasteiger partial charge on any atom is 0.222 e. The number of hydrogen-bond acceptors (Lipinski definition) is 3. The molecule has 1 heterocycles. The molecule has 0 radical (unpaired) electrons. The molecule has 2 rings (SSSR count). The van der Waals surface area contributed by atoms with Gasteiger partial charge in [0.2, 0.25) is 11.8 Å². The third-order valence-electron chi connectivity index (χ3n) is 3.71. The second kappa shape index (κ2) is 9.43. The summed E-state index contributed by atoms with van der Waals surface area (Å²) >= 11 is 0. The lowest BCUT2D eigenvalue weighted by Gasteiger charge is -2.25. The predicted molar refractivity (Wildman–Crippen MR) is 88.9 cm³/mol. The fraction of sp³-hybridized carbons (Fsp3) is 0.500. The van der Waals surface area contributed by atoms with E-state index < -0.39 is 0 Å². The van der Waals surface area contributed by atoms with Gasteiger partial charge in [0.15, 0.2) is 0 Å². The standard InChI is InChI=1S/C16H23N3O2.ClH/c1-17-10-9-15(20)18-14(13-6-3-2-4-7-13)12-19-11-5-8-16(19)21;/h2-4,6-7,14,17H,5,8-12H2,1H3,(H,18,20);1H. The summed E-state index contributed by atoms with van der Waals surface area (Å²) < 4.78 is 0. The molecule has 1 aliphatic heterocycles. The first-order valence-corrected chi connectivity index (χ1v) is 7.47. The molecule has 0 spiro atoms. The Kier molecular flexibility index (Phi) is 7.91. The third kappa shape index (κ3) is 5.31. The van der Waals surface area contributed by atoms with E-state index in [0.717, 1.165) is 18.5 Å². The molecule has 2 amide bonds. The summed E-state index contributed by atoms with van der Waals surface area (Å²) in [5.41, 5.74) is 1.04. The molecule has 0 bridgehead atoms. The van der Waals surface area contributed by atoms with Crippen molar-refractivity contribution < 1.29 is 9.59 Å². The second-order valence-electron chi connectivity index (χ2n) is 5.33. The smallest absolute Gasteiger partial charge is 0.222 e. The van der Waals surface area contributed by atoms with Gasteiger partial charge in [0, 0.05) is 32.5 Å². The summed E-state index contributed by atoms with van der Waals surface area (Å²) in [7, 11) is 1.82. The fourth-order valence-corrected chi connectivity index (χ4v) is 2.54. The SMILES string of the molecule is CNCCC(=O)NC(CN1CCCC1=O)c1ccccc1.Cl. The lowest BCUT2D eigenvalue weighted by molar-refractivity contribution is -0.129. The van der Waals surface area contributed by atoms with E-state index in [-0.39, 0.29) is 30.3 Å². The molecule has 1 fully saturated rings. The van der Waals surface area contributed by atoms with Crippen LogP contribution < -0.4 is 10.6 Å². The quantitative estimate of drug-likeness (QED) is 0.798. The van der Waals surface area contributed by atoms with Gasteiger partial charge in [-0.2, -0.15) is 0 Å². The number of nitrogens with zero attached hydrogens (tertiary/aromatic N) is 1. The summed E-state index contributed by atoms with van der Waals surface area (Å²) in [6, 6.07) is 9.69. The Balaban J connectivity index is 0.00000242. The summed E-state index contributed by atoms with van der Waals surface area (Å²) in [6.45, 7) is 1.98. The highest BCUT2D eigenvalue weighted by Gasteiger charge is 2.25. The van der Waals surface area contributed by atoms with Gasteiger partial charge >= 0.3 is 0 Å². The molecule has 5 nitrogen and oxygen atoms in total. The molecule has 122 valence electrons. The van der Waals surface area contributed by atoms with Crippen molar-refractivity contribution in [2.75, 3.05) is 26.7 Å². The summed E-state index contributed by atoms with van der Waals surface area (Å²) in [4.78, 5) is 25.6. The van der Waals surface area contributed by atoms with Crippen molar-refractivity contribution in [1.29, 1.82) is 0 Å². The molecule has 0 saturated carbocycles. The molecule has 22 heavy (non-hydrogen) atoms. The monoisotopic (exact) mass is 325 g/mol. The molecule has 1 atom stereocenters. The maximum atomic E-state index is 12.0. The van der Waals surface area contributed by atoms with E-state index in [1.807, 2.05) is 42.3 Å². The third-order valence-corrected chi connectivity index (χ3v) is 3.71. The Morgan fingerprint density at radius 1 is 1.32 bits per heavy atom. The minimum atomic E-state index is -0.141. The Hall–Kier alpha value is -1.59. The van der Waals surface area contributed by atoms with Gasteiger partial charge in [-0.05, 0) is 19.0 Å². The van der Waals surface area contributed by atoms with Crippen molar-refractivity contribution in [2.45, 2.75) is 25.3 Å². The van der Waals surface area contributed by atoms with Gasteiger partial charge in [0.25, 0.3) is 0 Å². The highest BCUT2D eigenvalue weighted by molar-refractivity contribution is 5.85. The van der Waals surface area contributed by atoms with Crippen molar-refractivity contribution in [3.8, 4) is 0 Å². The van der Waals surface area contributed by atoms with Crippen molar-refractivity contribution in [2.24, 2.45) is 0 Å². The zero-order chi connectivity index (χ0) is 15.1. The van der Waals surface area contributed by atoms with Crippen molar-refractivity contribution in [3.05, 3.63) is 35.9 Å². The number of carbonyl (C=O) groups excluding carboxylic acids is 2. The highest BCUT2D eigenvalue weighted by Crippen LogP contribution is 2.18. The molecule has 1 aromatic rings. The first-order valence-electron chi connectivity index (χ1n) is 7.47. The lowest BCUT2D eigenvalue weighted by atomic mass is 10.1. The number of amides is 2. The minimum Gasteiger partial charge on any atom is -0.347 e. The second-order valence-corrected chi connectivity index (χ2v) is 5.33. The van der Waals surface area contributed by atoms with Crippen LogP contribution in [0, 0.1) is 0 Å². The average Bonchev–Trinajstić information content (AvgIpc) is 2.90. The van der Waals surface area contributed by atoms with E-state index in [9.17, 15) is 9.59 Å². The van der Waals surface area contributed by atoms with E-state index in [2.05, 4.69) is 10.6 Å². The summed E-state index contributed by atoms with van der Waals surface area (Å²) in [6.07, 6.45) is 1.97. The topological polar surface area (TPSA) is 61.4 Å². The van der Waals surface area contributed by atoms with Crippen LogP contribution in [-0.4, -0.2) is 43.4 Å². The molecule has 0 aliphatic carbocycles. The van der Waals surface area contributed by atoms with Crippen LogP contribution in [0.2, 0.25) is 0 Å². The van der Waals surface area contributed by atoms with Gasteiger partial charge in [-0.1, -0.05) is 30.3 Å². The number of rotatable bonds is 7. The van der Waals surface area contributed by atoms with Crippen LogP contribution in [0.5, 0.6) is 0 Å². The van der Waals surface area contributed by atoms with Gasteiger partial charge in [0.1, 0.15) is 0 Å². The number of nitrogens with one attached hydrogen (secondary N) is 2. The molecule has 2 N–H and O–H groups in total. The molecule has 1 aliphatic rings. The van der Waals surface area contributed by atoms with E-state index >= 15 is 0 Å². The minimum absolute atomic E-state index is 0. The van der Waals surface area contributed by atoms with Crippen LogP contribution in [0.4, 0.5) is 0 Å². The van der Waals surface area contributed by atoms with E-state index in [1.54, 1.807) is 0 Å². The molecule has 0 aromatic heterocycles. The van der Waals surface area contributed by atoms with Crippen molar-refractivity contribution >= 4 is 24.2 Å². The molecular weight excluding hydrogens is 302 g/mol. The number of likely N-dealkylation sites (tertiary alicyclic amines) is 1. The highest BCUT2D eigenvalue weighted by atomic mass is 35.5. The van der Waals surface area contributed by atoms with Gasteiger partial charge in [-0.15, -0.1) is 12.4 Å². The van der Waals surface area contributed by atoms with Gasteiger partial charge in [0.05, 0.1) is 6.04 Å². The number of hydrogen-bond donors (Lipinski definition) is 2. The Morgan fingerprint density at radius 2 is 2.05 bits per heavy atom. The zero-order valence-electron chi connectivity index (χ0n) is 12.9. The van der Waals surface area contributed by atoms with Gasteiger partial charge in [-0.3, -0.25) is 9.59 Å². The average molecular weight is 326 g/mol. The fourth-order valence-electron chi connectivity index (χ4n) is 2.54. The van der Waals surface area contributed by atoms with Crippen LogP contribution >= 0.6 is 12.4 Å². The number of halogens is 1. The van der Waals surface area contributed by atoms with Crippen LogP contribution in [-0.2, 0) is 9.59 Å². The largest absolute Gasteiger partial charge is 0.347 e. The first-order chi connectivity index (χ1) is 10.2. The van der Waals surface area contributed by atoms with Crippen LogP contribution in [0.15, 0.2) is 30.3 Å². The van der Waals surface area contributed by atoms with E-state index in [0.29, 0.717) is 25.9 Å². The summed E-state index contributed by atoms with van der Waals surface area (Å²) in [5.74, 6) is 0.185. The first kappa shape index (κ1) is 18.5. The van der Waals surface area contributed by atoms with Crippen LogP contribution in [0.1, 0.15) is 30.9 Å². The lowest BCUT2D eigenvalue weighted by Crippen LogP contribution is -2.39. The molecule has 1 aromatic carbocycles.